The molecular formula is C19H24. The van der Waals surface area contributed by atoms with Gasteiger partial charge in [-0.2, -0.15) is 0 Å². The van der Waals surface area contributed by atoms with E-state index in [4.69, 9.17) is 0 Å². The zero-order valence-electron chi connectivity index (χ0n) is 12.7. The maximum absolute atomic E-state index is 2.28. The van der Waals surface area contributed by atoms with Crippen LogP contribution in [-0.4, -0.2) is 0 Å². The molecule has 0 saturated heterocycles. The van der Waals surface area contributed by atoms with Gasteiger partial charge in [0.1, 0.15) is 0 Å². The third-order valence-corrected chi connectivity index (χ3v) is 3.61. The van der Waals surface area contributed by atoms with Gasteiger partial charge in [-0.1, -0.05) is 83.1 Å². The summed E-state index contributed by atoms with van der Waals surface area (Å²) in [5.74, 6) is 0.546. The van der Waals surface area contributed by atoms with Crippen LogP contribution < -0.4 is 0 Å². The molecule has 0 fully saturated rings. The fourth-order valence-electron chi connectivity index (χ4n) is 2.62. The summed E-state index contributed by atoms with van der Waals surface area (Å²) in [7, 11) is 0. The van der Waals surface area contributed by atoms with Gasteiger partial charge >= 0.3 is 0 Å². The molecule has 0 bridgehead atoms. The zero-order valence-corrected chi connectivity index (χ0v) is 12.7. The molecule has 0 aliphatic carbocycles. The van der Waals surface area contributed by atoms with Crippen molar-refractivity contribution < 1.29 is 0 Å². The SMILES string of the molecule is CC(C)c1ccccc1-c1ccccc1C(C)(C)C. The van der Waals surface area contributed by atoms with Crippen LogP contribution in [-0.2, 0) is 5.41 Å². The van der Waals surface area contributed by atoms with E-state index in [1.165, 1.54) is 22.3 Å². The first-order chi connectivity index (χ1) is 8.91. The summed E-state index contributed by atoms with van der Waals surface area (Å²) in [6.07, 6.45) is 0. The minimum atomic E-state index is 0.167. The van der Waals surface area contributed by atoms with Crippen LogP contribution in [0.2, 0.25) is 0 Å². The normalized spacial score (nSPS) is 11.9. The number of hydrogen-bond donors (Lipinski definition) is 0. The molecule has 0 spiro atoms. The van der Waals surface area contributed by atoms with Gasteiger partial charge in [-0.05, 0) is 33.6 Å². The van der Waals surface area contributed by atoms with Gasteiger partial charge in [-0.25, -0.2) is 0 Å². The smallest absolute Gasteiger partial charge is 0.0126 e. The second-order valence-electron chi connectivity index (χ2n) is 6.54. The van der Waals surface area contributed by atoms with E-state index >= 15 is 0 Å². The van der Waals surface area contributed by atoms with Crippen LogP contribution in [0.25, 0.3) is 11.1 Å². The van der Waals surface area contributed by atoms with Gasteiger partial charge in [-0.15, -0.1) is 0 Å². The molecule has 2 aromatic rings. The third kappa shape index (κ3) is 2.89. The second-order valence-corrected chi connectivity index (χ2v) is 6.54. The summed E-state index contributed by atoms with van der Waals surface area (Å²) in [5, 5.41) is 0. The van der Waals surface area contributed by atoms with Gasteiger partial charge in [0.25, 0.3) is 0 Å². The van der Waals surface area contributed by atoms with Gasteiger partial charge in [0, 0.05) is 0 Å². The number of rotatable bonds is 2. The number of benzene rings is 2. The van der Waals surface area contributed by atoms with E-state index in [1.54, 1.807) is 0 Å². The largest absolute Gasteiger partial charge is 0.0619 e. The summed E-state index contributed by atoms with van der Waals surface area (Å²) in [5.41, 5.74) is 5.77. The topological polar surface area (TPSA) is 0 Å². The monoisotopic (exact) mass is 252 g/mol. The first kappa shape index (κ1) is 13.9. The molecule has 0 N–H and O–H groups in total. The van der Waals surface area contributed by atoms with Gasteiger partial charge in [0.15, 0.2) is 0 Å². The van der Waals surface area contributed by atoms with E-state index in [1.807, 2.05) is 0 Å². The Morgan fingerprint density at radius 2 is 1.26 bits per heavy atom. The molecule has 0 unspecified atom stereocenters. The molecule has 0 saturated carbocycles. The highest BCUT2D eigenvalue weighted by atomic mass is 14.2. The molecule has 0 aliphatic rings. The molecule has 0 nitrogen and oxygen atoms in total. The molecule has 0 aromatic heterocycles. The highest BCUT2D eigenvalue weighted by Gasteiger charge is 2.19. The highest BCUT2D eigenvalue weighted by Crippen LogP contribution is 2.36. The summed E-state index contributed by atoms with van der Waals surface area (Å²) in [4.78, 5) is 0. The van der Waals surface area contributed by atoms with Crippen molar-refractivity contribution >= 4 is 0 Å². The average Bonchev–Trinajstić information content (AvgIpc) is 2.37. The molecule has 2 rings (SSSR count). The van der Waals surface area contributed by atoms with Crippen molar-refractivity contribution in [1.29, 1.82) is 0 Å². The van der Waals surface area contributed by atoms with Crippen molar-refractivity contribution in [3.8, 4) is 11.1 Å². The van der Waals surface area contributed by atoms with Crippen LogP contribution in [0.1, 0.15) is 51.7 Å². The lowest BCUT2D eigenvalue weighted by atomic mass is 9.80. The Morgan fingerprint density at radius 3 is 1.84 bits per heavy atom. The van der Waals surface area contributed by atoms with Crippen molar-refractivity contribution in [2.24, 2.45) is 0 Å². The van der Waals surface area contributed by atoms with E-state index in [-0.39, 0.29) is 5.41 Å². The van der Waals surface area contributed by atoms with Crippen molar-refractivity contribution in [3.05, 3.63) is 59.7 Å². The first-order valence-corrected chi connectivity index (χ1v) is 7.10. The minimum absolute atomic E-state index is 0.167. The van der Waals surface area contributed by atoms with Crippen LogP contribution in [0.4, 0.5) is 0 Å². The molecule has 0 aliphatic heterocycles. The fraction of sp³-hybridized carbons (Fsp3) is 0.368. The fourth-order valence-corrected chi connectivity index (χ4v) is 2.62. The zero-order chi connectivity index (χ0) is 14.0. The Balaban J connectivity index is 2.67. The Morgan fingerprint density at radius 1 is 0.737 bits per heavy atom. The molecule has 0 radical (unpaired) electrons. The van der Waals surface area contributed by atoms with Crippen LogP contribution >= 0.6 is 0 Å². The first-order valence-electron chi connectivity index (χ1n) is 7.10. The molecule has 0 amide bonds. The van der Waals surface area contributed by atoms with Crippen molar-refractivity contribution in [3.63, 3.8) is 0 Å². The van der Waals surface area contributed by atoms with E-state index in [0.29, 0.717) is 5.92 Å². The van der Waals surface area contributed by atoms with Crippen LogP contribution in [0, 0.1) is 0 Å². The summed E-state index contributed by atoms with van der Waals surface area (Å²) in [6, 6.07) is 17.6. The van der Waals surface area contributed by atoms with Crippen LogP contribution in [0.15, 0.2) is 48.5 Å². The van der Waals surface area contributed by atoms with Crippen molar-refractivity contribution in [1.82, 2.24) is 0 Å². The quantitative estimate of drug-likeness (QED) is 0.636. The maximum Gasteiger partial charge on any atom is -0.0126 e. The molecule has 0 heterocycles. The van der Waals surface area contributed by atoms with E-state index < -0.39 is 0 Å². The molecule has 0 heteroatoms. The predicted octanol–water partition coefficient (Wildman–Crippen LogP) is 5.77. The molecular weight excluding hydrogens is 228 g/mol. The van der Waals surface area contributed by atoms with Gasteiger partial charge in [0.2, 0.25) is 0 Å². The lowest BCUT2D eigenvalue weighted by Crippen LogP contribution is -2.13. The molecule has 100 valence electrons. The van der Waals surface area contributed by atoms with Gasteiger partial charge in [0.05, 0.1) is 0 Å². The summed E-state index contributed by atoms with van der Waals surface area (Å²) in [6.45, 7) is 11.4. The maximum atomic E-state index is 2.28. The predicted molar refractivity (Wildman–Crippen MR) is 84.7 cm³/mol. The Hall–Kier alpha value is -1.56. The van der Waals surface area contributed by atoms with E-state index in [2.05, 4.69) is 83.1 Å². The highest BCUT2D eigenvalue weighted by molar-refractivity contribution is 5.72. The Bertz CT molecular complexity index is 556. The minimum Gasteiger partial charge on any atom is -0.0619 e. The van der Waals surface area contributed by atoms with Gasteiger partial charge in [-0.3, -0.25) is 0 Å². The number of hydrogen-bond acceptors (Lipinski definition) is 0. The Kier molecular flexibility index (Phi) is 3.80. The Labute approximate surface area is 117 Å². The third-order valence-electron chi connectivity index (χ3n) is 3.61. The van der Waals surface area contributed by atoms with E-state index in [9.17, 15) is 0 Å². The van der Waals surface area contributed by atoms with Crippen molar-refractivity contribution in [2.45, 2.75) is 46.0 Å². The molecule has 2 aromatic carbocycles. The summed E-state index contributed by atoms with van der Waals surface area (Å²) < 4.78 is 0. The van der Waals surface area contributed by atoms with Gasteiger partial charge < -0.3 is 0 Å². The van der Waals surface area contributed by atoms with E-state index in [0.717, 1.165) is 0 Å². The summed E-state index contributed by atoms with van der Waals surface area (Å²) >= 11 is 0. The van der Waals surface area contributed by atoms with Crippen LogP contribution in [0.3, 0.4) is 0 Å². The second kappa shape index (κ2) is 5.21. The molecule has 19 heavy (non-hydrogen) atoms. The standard InChI is InChI=1S/C19H24/c1-14(2)15-10-6-7-11-16(15)17-12-8-9-13-18(17)19(3,4)5/h6-14H,1-5H3. The van der Waals surface area contributed by atoms with Crippen molar-refractivity contribution in [2.75, 3.05) is 0 Å². The van der Waals surface area contributed by atoms with Crippen LogP contribution in [0.5, 0.6) is 0 Å². The molecule has 0 atom stereocenters. The lowest BCUT2D eigenvalue weighted by Gasteiger charge is -2.24. The lowest BCUT2D eigenvalue weighted by molar-refractivity contribution is 0.592. The average molecular weight is 252 g/mol.